The van der Waals surface area contributed by atoms with E-state index < -0.39 is 0 Å². The maximum Gasteiger partial charge on any atom is 0.239 e. The second kappa shape index (κ2) is 7.79. The predicted molar refractivity (Wildman–Crippen MR) is 71.4 cm³/mol. The van der Waals surface area contributed by atoms with Crippen molar-refractivity contribution < 1.29 is 14.3 Å². The Bertz CT molecular complexity index is 399. The van der Waals surface area contributed by atoms with Gasteiger partial charge in [0.05, 0.1) is 25.3 Å². The first-order chi connectivity index (χ1) is 8.67. The van der Waals surface area contributed by atoms with Crippen molar-refractivity contribution in [3.63, 3.8) is 0 Å². The fraction of sp³-hybridized carbons (Fsp3) is 0.417. The normalized spacial score (nSPS) is 9.94. The molecule has 0 aliphatic carbocycles. The number of hydrogen-bond acceptors (Lipinski definition) is 4. The van der Waals surface area contributed by atoms with Crippen LogP contribution < -0.4 is 15.4 Å². The van der Waals surface area contributed by atoms with Crippen molar-refractivity contribution in [1.29, 1.82) is 0 Å². The smallest absolute Gasteiger partial charge is 0.239 e. The average molecular weight is 273 g/mol. The van der Waals surface area contributed by atoms with Crippen molar-refractivity contribution in [2.45, 2.75) is 0 Å². The number of anilines is 1. The van der Waals surface area contributed by atoms with Gasteiger partial charge in [-0.15, -0.1) is 0 Å². The molecule has 0 aliphatic rings. The minimum Gasteiger partial charge on any atom is -0.495 e. The van der Waals surface area contributed by atoms with E-state index in [9.17, 15) is 4.79 Å². The lowest BCUT2D eigenvalue weighted by Crippen LogP contribution is -2.32. The first kappa shape index (κ1) is 14.6. The van der Waals surface area contributed by atoms with Gasteiger partial charge in [0.25, 0.3) is 0 Å². The zero-order chi connectivity index (χ0) is 13.4. The molecule has 1 aromatic carbocycles. The molecule has 0 saturated heterocycles. The summed E-state index contributed by atoms with van der Waals surface area (Å²) < 4.78 is 9.91. The van der Waals surface area contributed by atoms with E-state index in [1.165, 1.54) is 0 Å². The lowest BCUT2D eigenvalue weighted by molar-refractivity contribution is -0.119. The fourth-order valence-electron chi connectivity index (χ4n) is 1.31. The summed E-state index contributed by atoms with van der Waals surface area (Å²) in [7, 11) is 3.13. The molecule has 0 fully saturated rings. The molecule has 1 amide bonds. The molecule has 5 nitrogen and oxygen atoms in total. The van der Waals surface area contributed by atoms with Crippen molar-refractivity contribution in [2.75, 3.05) is 39.2 Å². The van der Waals surface area contributed by atoms with Crippen LogP contribution in [0.3, 0.4) is 0 Å². The summed E-state index contributed by atoms with van der Waals surface area (Å²) in [5.41, 5.74) is 0.776. The zero-order valence-corrected chi connectivity index (χ0v) is 11.2. The first-order valence-corrected chi connectivity index (χ1v) is 5.88. The number of carbonyl (C=O) groups is 1. The molecule has 0 unspecified atom stereocenters. The molecule has 0 aromatic heterocycles. The Balaban J connectivity index is 2.41. The van der Waals surface area contributed by atoms with E-state index in [1.54, 1.807) is 32.4 Å². The summed E-state index contributed by atoms with van der Waals surface area (Å²) in [5.74, 6) is 0.474. The zero-order valence-electron chi connectivity index (χ0n) is 10.5. The third-order valence-electron chi connectivity index (χ3n) is 2.23. The molecule has 0 atom stereocenters. The van der Waals surface area contributed by atoms with Gasteiger partial charge in [0.2, 0.25) is 5.91 Å². The van der Waals surface area contributed by atoms with Crippen LogP contribution in [0.2, 0.25) is 5.02 Å². The summed E-state index contributed by atoms with van der Waals surface area (Å²) in [6.45, 7) is 1.19. The van der Waals surface area contributed by atoms with Crippen LogP contribution in [0.1, 0.15) is 0 Å². The third kappa shape index (κ3) is 4.81. The van der Waals surface area contributed by atoms with Gasteiger partial charge in [-0.1, -0.05) is 11.6 Å². The number of halogens is 1. The lowest BCUT2D eigenvalue weighted by Gasteiger charge is -2.09. The second-order valence-electron chi connectivity index (χ2n) is 3.55. The molecular formula is C12H17ClN2O3. The standard InChI is InChI=1S/C12H17ClN2O3/c1-17-6-5-14-12(16)8-15-9-3-4-10(13)11(7-9)18-2/h3-4,7,15H,5-6,8H2,1-2H3,(H,14,16). The van der Waals surface area contributed by atoms with E-state index >= 15 is 0 Å². The maximum absolute atomic E-state index is 11.4. The quantitative estimate of drug-likeness (QED) is 0.739. The number of benzene rings is 1. The minimum atomic E-state index is -0.0963. The van der Waals surface area contributed by atoms with Gasteiger partial charge in [0, 0.05) is 25.4 Å². The highest BCUT2D eigenvalue weighted by atomic mass is 35.5. The second-order valence-corrected chi connectivity index (χ2v) is 3.95. The summed E-state index contributed by atoms with van der Waals surface area (Å²) in [6, 6.07) is 5.24. The monoisotopic (exact) mass is 272 g/mol. The van der Waals surface area contributed by atoms with Gasteiger partial charge in [0.15, 0.2) is 0 Å². The van der Waals surface area contributed by atoms with Crippen LogP contribution >= 0.6 is 11.6 Å². The van der Waals surface area contributed by atoms with E-state index in [0.717, 1.165) is 5.69 Å². The Kier molecular flexibility index (Phi) is 6.32. The van der Waals surface area contributed by atoms with E-state index in [-0.39, 0.29) is 12.5 Å². The molecular weight excluding hydrogens is 256 g/mol. The Labute approximate surface area is 111 Å². The lowest BCUT2D eigenvalue weighted by atomic mass is 10.3. The Hall–Kier alpha value is -1.46. The highest BCUT2D eigenvalue weighted by Gasteiger charge is 2.04. The Morgan fingerprint density at radius 3 is 2.83 bits per heavy atom. The van der Waals surface area contributed by atoms with E-state index in [2.05, 4.69) is 10.6 Å². The maximum atomic E-state index is 11.4. The molecule has 6 heteroatoms. The van der Waals surface area contributed by atoms with Crippen LogP contribution in [-0.4, -0.2) is 39.8 Å². The topological polar surface area (TPSA) is 59.6 Å². The summed E-state index contributed by atoms with van der Waals surface area (Å²) in [5, 5.41) is 6.23. The number of hydrogen-bond donors (Lipinski definition) is 2. The summed E-state index contributed by atoms with van der Waals surface area (Å²) >= 11 is 5.90. The number of carbonyl (C=O) groups excluding carboxylic acids is 1. The van der Waals surface area contributed by atoms with Crippen LogP contribution in [-0.2, 0) is 9.53 Å². The molecule has 0 bridgehead atoms. The number of methoxy groups -OCH3 is 2. The largest absolute Gasteiger partial charge is 0.495 e. The van der Waals surface area contributed by atoms with E-state index in [4.69, 9.17) is 21.1 Å². The van der Waals surface area contributed by atoms with Gasteiger partial charge in [-0.05, 0) is 12.1 Å². The van der Waals surface area contributed by atoms with E-state index in [1.807, 2.05) is 0 Å². The number of rotatable bonds is 7. The van der Waals surface area contributed by atoms with Gasteiger partial charge in [-0.2, -0.15) is 0 Å². The first-order valence-electron chi connectivity index (χ1n) is 5.50. The molecule has 2 N–H and O–H groups in total. The minimum absolute atomic E-state index is 0.0963. The highest BCUT2D eigenvalue weighted by Crippen LogP contribution is 2.27. The third-order valence-corrected chi connectivity index (χ3v) is 2.54. The summed E-state index contributed by atoms with van der Waals surface area (Å²) in [4.78, 5) is 11.4. The molecule has 0 radical (unpaired) electrons. The van der Waals surface area contributed by atoms with Crippen molar-refractivity contribution in [3.8, 4) is 5.75 Å². The van der Waals surface area contributed by atoms with Crippen LogP contribution in [0.25, 0.3) is 0 Å². The average Bonchev–Trinajstić information content (AvgIpc) is 2.38. The van der Waals surface area contributed by atoms with Gasteiger partial charge < -0.3 is 20.1 Å². The van der Waals surface area contributed by atoms with Crippen molar-refractivity contribution in [1.82, 2.24) is 5.32 Å². The molecule has 0 spiro atoms. The molecule has 18 heavy (non-hydrogen) atoms. The molecule has 1 aromatic rings. The van der Waals surface area contributed by atoms with Gasteiger partial charge in [-0.3, -0.25) is 4.79 Å². The van der Waals surface area contributed by atoms with Crippen molar-refractivity contribution in [2.24, 2.45) is 0 Å². The summed E-state index contributed by atoms with van der Waals surface area (Å²) in [6.07, 6.45) is 0. The van der Waals surface area contributed by atoms with Gasteiger partial charge >= 0.3 is 0 Å². The molecule has 100 valence electrons. The molecule has 0 aliphatic heterocycles. The predicted octanol–water partition coefficient (Wildman–Crippen LogP) is 1.52. The Morgan fingerprint density at radius 1 is 1.39 bits per heavy atom. The highest BCUT2D eigenvalue weighted by molar-refractivity contribution is 6.32. The molecule has 0 heterocycles. The van der Waals surface area contributed by atoms with Crippen molar-refractivity contribution >= 4 is 23.2 Å². The van der Waals surface area contributed by atoms with Crippen LogP contribution in [0.5, 0.6) is 5.75 Å². The van der Waals surface area contributed by atoms with Gasteiger partial charge in [-0.25, -0.2) is 0 Å². The van der Waals surface area contributed by atoms with E-state index in [0.29, 0.717) is 23.9 Å². The fourth-order valence-corrected chi connectivity index (χ4v) is 1.50. The molecule has 0 saturated carbocycles. The van der Waals surface area contributed by atoms with Crippen LogP contribution in [0.4, 0.5) is 5.69 Å². The van der Waals surface area contributed by atoms with Crippen LogP contribution in [0, 0.1) is 0 Å². The van der Waals surface area contributed by atoms with Gasteiger partial charge in [0.1, 0.15) is 5.75 Å². The van der Waals surface area contributed by atoms with Crippen molar-refractivity contribution in [3.05, 3.63) is 23.2 Å². The number of amides is 1. The number of ether oxygens (including phenoxy) is 2. The van der Waals surface area contributed by atoms with Crippen LogP contribution in [0.15, 0.2) is 18.2 Å². The number of nitrogens with one attached hydrogen (secondary N) is 2. The SMILES string of the molecule is COCCNC(=O)CNc1ccc(Cl)c(OC)c1. The molecule has 1 rings (SSSR count). The Morgan fingerprint density at radius 2 is 2.17 bits per heavy atom.